The maximum absolute atomic E-state index is 13.1. The number of nitrogens with zero attached hydrogens (tertiary/aromatic N) is 5. The van der Waals surface area contributed by atoms with Gasteiger partial charge in [0.25, 0.3) is 0 Å². The summed E-state index contributed by atoms with van der Waals surface area (Å²) in [6.07, 6.45) is -2.37. The lowest BCUT2D eigenvalue weighted by Crippen LogP contribution is -2.34. The molecule has 2 atom stereocenters. The fourth-order valence-corrected chi connectivity index (χ4v) is 4.29. The van der Waals surface area contributed by atoms with E-state index in [-0.39, 0.29) is 11.7 Å². The maximum Gasteiger partial charge on any atom is 0.434 e. The lowest BCUT2D eigenvalue weighted by molar-refractivity contribution is -0.141. The maximum atomic E-state index is 13.1. The Labute approximate surface area is 182 Å². The van der Waals surface area contributed by atoms with E-state index in [1.807, 2.05) is 26.0 Å². The van der Waals surface area contributed by atoms with E-state index < -0.39 is 24.1 Å². The molecule has 4 rings (SSSR count). The number of anilines is 1. The molecule has 0 bridgehead atoms. The van der Waals surface area contributed by atoms with Crippen LogP contribution in [0.25, 0.3) is 5.69 Å². The Morgan fingerprint density at radius 1 is 1.19 bits per heavy atom. The quantitative estimate of drug-likeness (QED) is 0.607. The number of rotatable bonds is 4. The van der Waals surface area contributed by atoms with Crippen LogP contribution in [0, 0.1) is 6.92 Å². The van der Waals surface area contributed by atoms with Crippen molar-refractivity contribution >= 4 is 17.3 Å². The molecular weight excluding hydrogens is 431 g/mol. The first-order valence-corrected chi connectivity index (χ1v) is 10.4. The van der Waals surface area contributed by atoms with Gasteiger partial charge in [-0.25, -0.2) is 9.67 Å². The standard InChI is InChI=1S/C21H23ClF3N5O/c1-12(2)19-17(10-26-30(19)15-6-4-14(22)5-7-15)28-9-8-16(20(28)31)29-11-18(21(23,24)25)27-13(29)3/h4-7,10-12,16,20,31H,8-9H2,1-3H3/t16-,20?/m0/s1. The lowest BCUT2D eigenvalue weighted by atomic mass is 10.1. The van der Waals surface area contributed by atoms with E-state index in [0.29, 0.717) is 18.0 Å². The molecule has 31 heavy (non-hydrogen) atoms. The minimum absolute atomic E-state index is 0.0891. The fourth-order valence-electron chi connectivity index (χ4n) is 4.16. The zero-order chi connectivity index (χ0) is 22.5. The largest absolute Gasteiger partial charge is 0.434 e. The van der Waals surface area contributed by atoms with Crippen molar-refractivity contribution in [2.75, 3.05) is 11.4 Å². The van der Waals surface area contributed by atoms with Gasteiger partial charge in [-0.1, -0.05) is 25.4 Å². The van der Waals surface area contributed by atoms with Gasteiger partial charge in [0, 0.05) is 17.8 Å². The van der Waals surface area contributed by atoms with E-state index in [2.05, 4.69) is 10.1 Å². The van der Waals surface area contributed by atoms with Gasteiger partial charge in [-0.2, -0.15) is 18.3 Å². The average molecular weight is 454 g/mol. The molecule has 0 radical (unpaired) electrons. The molecule has 0 aliphatic carbocycles. The molecule has 1 aliphatic rings. The van der Waals surface area contributed by atoms with Crippen LogP contribution in [-0.2, 0) is 6.18 Å². The van der Waals surface area contributed by atoms with Gasteiger partial charge in [0.15, 0.2) is 5.69 Å². The topological polar surface area (TPSA) is 59.1 Å². The first kappa shape index (κ1) is 21.7. The molecule has 1 aromatic carbocycles. The zero-order valence-corrected chi connectivity index (χ0v) is 18.1. The lowest BCUT2D eigenvalue weighted by Gasteiger charge is -2.27. The fraction of sp³-hybridized carbons (Fsp3) is 0.429. The third kappa shape index (κ3) is 3.92. The molecular formula is C21H23ClF3N5O. The summed E-state index contributed by atoms with van der Waals surface area (Å²) in [6.45, 7) is 6.06. The van der Waals surface area contributed by atoms with Crippen molar-refractivity contribution in [2.24, 2.45) is 0 Å². The third-order valence-corrected chi connectivity index (χ3v) is 5.86. The van der Waals surface area contributed by atoms with Gasteiger partial charge in [-0.3, -0.25) is 0 Å². The number of imidazole rings is 1. The molecule has 1 fully saturated rings. The second-order valence-corrected chi connectivity index (χ2v) is 8.44. The van der Waals surface area contributed by atoms with Crippen LogP contribution in [0.4, 0.5) is 18.9 Å². The number of alkyl halides is 3. The molecule has 10 heteroatoms. The minimum atomic E-state index is -4.52. The van der Waals surface area contributed by atoms with Crippen LogP contribution in [0.15, 0.2) is 36.7 Å². The Bertz CT molecular complexity index is 1070. The predicted molar refractivity (Wildman–Crippen MR) is 112 cm³/mol. The predicted octanol–water partition coefficient (Wildman–Crippen LogP) is 4.94. The summed E-state index contributed by atoms with van der Waals surface area (Å²) in [5.74, 6) is 0.311. The first-order chi connectivity index (χ1) is 14.6. The molecule has 1 saturated heterocycles. The van der Waals surface area contributed by atoms with Gasteiger partial charge < -0.3 is 14.6 Å². The summed E-state index contributed by atoms with van der Waals surface area (Å²) >= 11 is 6.00. The molecule has 1 unspecified atom stereocenters. The Morgan fingerprint density at radius 3 is 2.45 bits per heavy atom. The monoisotopic (exact) mass is 453 g/mol. The van der Waals surface area contributed by atoms with Gasteiger partial charge in [-0.05, 0) is 43.5 Å². The van der Waals surface area contributed by atoms with Gasteiger partial charge in [0.1, 0.15) is 12.1 Å². The Kier molecular flexibility index (Phi) is 5.51. The summed E-state index contributed by atoms with van der Waals surface area (Å²) in [5, 5.41) is 16.2. The summed E-state index contributed by atoms with van der Waals surface area (Å²) in [5.41, 5.74) is 1.55. The summed E-state index contributed by atoms with van der Waals surface area (Å²) in [7, 11) is 0. The third-order valence-electron chi connectivity index (χ3n) is 5.61. The van der Waals surface area contributed by atoms with Crippen LogP contribution in [0.3, 0.4) is 0 Å². The smallest absolute Gasteiger partial charge is 0.371 e. The van der Waals surface area contributed by atoms with E-state index in [0.717, 1.165) is 23.3 Å². The van der Waals surface area contributed by atoms with E-state index in [1.165, 1.54) is 11.5 Å². The summed E-state index contributed by atoms with van der Waals surface area (Å²) in [4.78, 5) is 5.43. The van der Waals surface area contributed by atoms with Gasteiger partial charge in [0.05, 0.1) is 29.3 Å². The Hall–Kier alpha value is -2.52. The molecule has 3 aromatic rings. The zero-order valence-electron chi connectivity index (χ0n) is 17.3. The molecule has 0 amide bonds. The second kappa shape index (κ2) is 7.87. The van der Waals surface area contributed by atoms with E-state index in [9.17, 15) is 18.3 Å². The van der Waals surface area contributed by atoms with Gasteiger partial charge >= 0.3 is 6.18 Å². The van der Waals surface area contributed by atoms with E-state index >= 15 is 0 Å². The minimum Gasteiger partial charge on any atom is -0.371 e. The number of aromatic nitrogens is 4. The van der Waals surface area contributed by atoms with Gasteiger partial charge in [-0.15, -0.1) is 0 Å². The van der Waals surface area contributed by atoms with E-state index in [4.69, 9.17) is 11.6 Å². The number of hydrogen-bond acceptors (Lipinski definition) is 4. The average Bonchev–Trinajstić information content (AvgIpc) is 3.38. The van der Waals surface area contributed by atoms with Crippen LogP contribution < -0.4 is 4.90 Å². The number of hydrogen-bond donors (Lipinski definition) is 1. The normalized spacial score (nSPS) is 19.6. The highest BCUT2D eigenvalue weighted by atomic mass is 35.5. The highest BCUT2D eigenvalue weighted by Gasteiger charge is 2.40. The molecule has 166 valence electrons. The Morgan fingerprint density at radius 2 is 1.87 bits per heavy atom. The number of aliphatic hydroxyl groups is 1. The van der Waals surface area contributed by atoms with Crippen molar-refractivity contribution in [3.8, 4) is 5.69 Å². The molecule has 6 nitrogen and oxygen atoms in total. The number of benzene rings is 1. The van der Waals surface area contributed by atoms with Gasteiger partial charge in [0.2, 0.25) is 0 Å². The SMILES string of the molecule is Cc1nc(C(F)(F)F)cn1[C@H]1CCN(c2cnn(-c3ccc(Cl)cc3)c2C(C)C)C1O. The van der Waals surface area contributed by atoms with Crippen molar-refractivity contribution in [1.29, 1.82) is 0 Å². The van der Waals surface area contributed by atoms with Crippen molar-refractivity contribution in [2.45, 2.75) is 51.6 Å². The van der Waals surface area contributed by atoms with Crippen LogP contribution in [0.2, 0.25) is 5.02 Å². The number of aryl methyl sites for hydroxylation is 1. The number of halogens is 4. The second-order valence-electron chi connectivity index (χ2n) is 8.00. The molecule has 1 N–H and O–H groups in total. The summed E-state index contributed by atoms with van der Waals surface area (Å²) < 4.78 is 42.4. The molecule has 0 spiro atoms. The highest BCUT2D eigenvalue weighted by molar-refractivity contribution is 6.30. The number of aliphatic hydroxyl groups excluding tert-OH is 1. The summed E-state index contributed by atoms with van der Waals surface area (Å²) in [6, 6.07) is 6.75. The van der Waals surface area contributed by atoms with Crippen molar-refractivity contribution in [3.05, 3.63) is 58.9 Å². The molecule has 0 saturated carbocycles. The van der Waals surface area contributed by atoms with Crippen molar-refractivity contribution in [1.82, 2.24) is 19.3 Å². The van der Waals surface area contributed by atoms with Crippen LogP contribution in [-0.4, -0.2) is 37.2 Å². The van der Waals surface area contributed by atoms with Crippen LogP contribution >= 0.6 is 11.6 Å². The molecule has 2 aromatic heterocycles. The van der Waals surface area contributed by atoms with E-state index in [1.54, 1.807) is 27.9 Å². The van der Waals surface area contributed by atoms with Crippen molar-refractivity contribution < 1.29 is 18.3 Å². The Balaban J connectivity index is 1.67. The van der Waals surface area contributed by atoms with Crippen molar-refractivity contribution in [3.63, 3.8) is 0 Å². The van der Waals surface area contributed by atoms with Crippen LogP contribution in [0.5, 0.6) is 0 Å². The molecule has 1 aliphatic heterocycles. The first-order valence-electron chi connectivity index (χ1n) is 9.99. The van der Waals surface area contributed by atoms with Crippen LogP contribution in [0.1, 0.15) is 49.4 Å². The highest BCUT2D eigenvalue weighted by Crippen LogP contribution is 2.38. The molecule has 3 heterocycles.